The molecule has 1 saturated heterocycles. The molecule has 1 aromatic carbocycles. The Morgan fingerprint density at radius 2 is 2.09 bits per heavy atom. The molecular formula is C17H23N3O2. The van der Waals surface area contributed by atoms with Crippen molar-refractivity contribution in [2.24, 2.45) is 5.73 Å². The van der Waals surface area contributed by atoms with Crippen LogP contribution in [-0.2, 0) is 11.2 Å². The molecule has 1 aromatic rings. The van der Waals surface area contributed by atoms with Gasteiger partial charge in [-0.2, -0.15) is 0 Å². The molecule has 0 unspecified atom stereocenters. The lowest BCUT2D eigenvalue weighted by Gasteiger charge is -2.25. The molecule has 1 heterocycles. The van der Waals surface area contributed by atoms with Crippen molar-refractivity contribution in [3.05, 3.63) is 35.4 Å². The first-order valence-electron chi connectivity index (χ1n) is 7.93. The second kappa shape index (κ2) is 5.63. The molecule has 22 heavy (non-hydrogen) atoms. The van der Waals surface area contributed by atoms with Gasteiger partial charge in [-0.15, -0.1) is 0 Å². The predicted octanol–water partition coefficient (Wildman–Crippen LogP) is 1.73. The van der Waals surface area contributed by atoms with Gasteiger partial charge in [-0.05, 0) is 50.2 Å². The Bertz CT molecular complexity index is 595. The maximum Gasteiger partial charge on any atom is 0.315 e. The summed E-state index contributed by atoms with van der Waals surface area (Å²) in [6.07, 6.45) is 4.39. The van der Waals surface area contributed by atoms with E-state index in [4.69, 9.17) is 5.73 Å². The van der Waals surface area contributed by atoms with E-state index in [2.05, 4.69) is 24.4 Å². The highest BCUT2D eigenvalue weighted by Gasteiger charge is 2.46. The van der Waals surface area contributed by atoms with Crippen molar-refractivity contribution in [3.8, 4) is 0 Å². The molecule has 2 aliphatic rings. The highest BCUT2D eigenvalue weighted by molar-refractivity contribution is 5.87. The van der Waals surface area contributed by atoms with Gasteiger partial charge in [0.1, 0.15) is 6.04 Å². The molecule has 1 aliphatic carbocycles. The molecular weight excluding hydrogens is 278 g/mol. The quantitative estimate of drug-likeness (QED) is 0.888. The Morgan fingerprint density at radius 1 is 1.36 bits per heavy atom. The number of carbonyl (C=O) groups excluding carboxylic acids is 2. The second-order valence-electron chi connectivity index (χ2n) is 6.56. The molecule has 0 radical (unpaired) electrons. The van der Waals surface area contributed by atoms with E-state index >= 15 is 0 Å². The molecule has 5 heteroatoms. The zero-order chi connectivity index (χ0) is 15.7. The van der Waals surface area contributed by atoms with E-state index in [0.717, 1.165) is 25.7 Å². The van der Waals surface area contributed by atoms with Crippen molar-refractivity contribution in [2.45, 2.75) is 50.6 Å². The Hall–Kier alpha value is -2.04. The number of likely N-dealkylation sites (tertiary alicyclic amines) is 1. The van der Waals surface area contributed by atoms with E-state index in [0.29, 0.717) is 13.0 Å². The lowest BCUT2D eigenvalue weighted by Crippen LogP contribution is -2.51. The number of hydrogen-bond donors (Lipinski definition) is 2. The third-order valence-electron chi connectivity index (χ3n) is 4.87. The van der Waals surface area contributed by atoms with Crippen molar-refractivity contribution < 1.29 is 9.59 Å². The summed E-state index contributed by atoms with van der Waals surface area (Å²) >= 11 is 0. The number of rotatable bonds is 4. The van der Waals surface area contributed by atoms with E-state index in [1.807, 2.05) is 12.1 Å². The van der Waals surface area contributed by atoms with Crippen LogP contribution in [0.5, 0.6) is 0 Å². The van der Waals surface area contributed by atoms with E-state index in [1.54, 1.807) is 0 Å². The predicted molar refractivity (Wildman–Crippen MR) is 84.3 cm³/mol. The van der Waals surface area contributed by atoms with E-state index in [-0.39, 0.29) is 11.4 Å². The lowest BCUT2D eigenvalue weighted by molar-refractivity contribution is -0.125. The minimum absolute atomic E-state index is 0.0533. The lowest BCUT2D eigenvalue weighted by atomic mass is 9.99. The molecule has 2 fully saturated rings. The van der Waals surface area contributed by atoms with Crippen LogP contribution in [0.1, 0.15) is 36.8 Å². The number of primary amides is 1. The zero-order valence-corrected chi connectivity index (χ0v) is 13.0. The van der Waals surface area contributed by atoms with Gasteiger partial charge in [0.2, 0.25) is 5.91 Å². The van der Waals surface area contributed by atoms with E-state index in [9.17, 15) is 9.59 Å². The average Bonchev–Trinajstić information content (AvgIpc) is 3.03. The minimum atomic E-state index is -0.499. The van der Waals surface area contributed by atoms with Crippen LogP contribution in [-0.4, -0.2) is 35.0 Å². The number of carbonyl (C=O) groups is 2. The van der Waals surface area contributed by atoms with Crippen molar-refractivity contribution in [1.29, 1.82) is 0 Å². The summed E-state index contributed by atoms with van der Waals surface area (Å²) in [7, 11) is 0. The van der Waals surface area contributed by atoms with Crippen LogP contribution in [0.25, 0.3) is 0 Å². The van der Waals surface area contributed by atoms with Gasteiger partial charge in [0.15, 0.2) is 0 Å². The van der Waals surface area contributed by atoms with Crippen LogP contribution in [0.15, 0.2) is 24.3 Å². The molecule has 5 nitrogen and oxygen atoms in total. The summed E-state index contributed by atoms with van der Waals surface area (Å²) in [5, 5.41) is 3.18. The molecule has 1 saturated carbocycles. The molecule has 0 aromatic heterocycles. The van der Waals surface area contributed by atoms with Gasteiger partial charge in [0, 0.05) is 12.1 Å². The average molecular weight is 301 g/mol. The first kappa shape index (κ1) is 14.9. The van der Waals surface area contributed by atoms with E-state index in [1.165, 1.54) is 16.0 Å². The molecule has 118 valence electrons. The maximum atomic E-state index is 12.5. The maximum absolute atomic E-state index is 12.5. The third-order valence-corrected chi connectivity index (χ3v) is 4.87. The van der Waals surface area contributed by atoms with Crippen LogP contribution < -0.4 is 11.1 Å². The molecule has 0 bridgehead atoms. The summed E-state index contributed by atoms with van der Waals surface area (Å²) in [4.78, 5) is 25.4. The van der Waals surface area contributed by atoms with Crippen molar-refractivity contribution in [1.82, 2.24) is 10.2 Å². The number of amides is 3. The van der Waals surface area contributed by atoms with Gasteiger partial charge >= 0.3 is 6.03 Å². The van der Waals surface area contributed by atoms with Gasteiger partial charge in [0.25, 0.3) is 0 Å². The number of nitrogens with zero attached hydrogens (tertiary/aromatic N) is 1. The molecule has 3 amide bonds. The Morgan fingerprint density at radius 3 is 2.73 bits per heavy atom. The van der Waals surface area contributed by atoms with Crippen LogP contribution in [0.3, 0.4) is 0 Å². The monoisotopic (exact) mass is 301 g/mol. The van der Waals surface area contributed by atoms with Crippen LogP contribution >= 0.6 is 0 Å². The number of hydrogen-bond acceptors (Lipinski definition) is 2. The molecule has 3 rings (SSSR count). The molecule has 1 aliphatic heterocycles. The Kier molecular flexibility index (Phi) is 3.81. The van der Waals surface area contributed by atoms with Crippen LogP contribution in [0, 0.1) is 6.92 Å². The number of urea groups is 1. The standard InChI is InChI=1S/C17H23N3O2/c1-12-5-2-3-6-13(12)11-17(8-9-17)19-15(21)14-7-4-10-20(14)16(18)22/h2-3,5-6,14H,4,7-11H2,1H3,(H2,18,22)(H,19,21)/t14-/m0/s1. The Balaban J connectivity index is 1.66. The first-order valence-corrected chi connectivity index (χ1v) is 7.93. The van der Waals surface area contributed by atoms with Gasteiger partial charge in [-0.3, -0.25) is 4.79 Å². The van der Waals surface area contributed by atoms with Crippen LogP contribution in [0.4, 0.5) is 4.79 Å². The molecule has 1 atom stereocenters. The fourth-order valence-corrected chi connectivity index (χ4v) is 3.32. The number of aryl methyl sites for hydroxylation is 1. The minimum Gasteiger partial charge on any atom is -0.351 e. The SMILES string of the molecule is Cc1ccccc1CC1(NC(=O)[C@@H]2CCCN2C(N)=O)CC1. The largest absolute Gasteiger partial charge is 0.351 e. The van der Waals surface area contributed by atoms with Crippen molar-refractivity contribution in [2.75, 3.05) is 6.54 Å². The summed E-state index contributed by atoms with van der Waals surface area (Å²) in [5.41, 5.74) is 7.75. The number of nitrogens with two attached hydrogens (primary N) is 1. The van der Waals surface area contributed by atoms with Gasteiger partial charge in [0.05, 0.1) is 0 Å². The van der Waals surface area contributed by atoms with Gasteiger partial charge < -0.3 is 16.0 Å². The van der Waals surface area contributed by atoms with Gasteiger partial charge in [-0.25, -0.2) is 4.79 Å². The highest BCUT2D eigenvalue weighted by atomic mass is 16.2. The highest BCUT2D eigenvalue weighted by Crippen LogP contribution is 2.39. The summed E-state index contributed by atoms with van der Waals surface area (Å²) in [6, 6.07) is 7.38. The smallest absolute Gasteiger partial charge is 0.315 e. The zero-order valence-electron chi connectivity index (χ0n) is 13.0. The second-order valence-corrected chi connectivity index (χ2v) is 6.56. The fourth-order valence-electron chi connectivity index (χ4n) is 3.32. The molecule has 0 spiro atoms. The van der Waals surface area contributed by atoms with E-state index < -0.39 is 12.1 Å². The van der Waals surface area contributed by atoms with Crippen molar-refractivity contribution in [3.63, 3.8) is 0 Å². The summed E-state index contributed by atoms with van der Waals surface area (Å²) in [5.74, 6) is -0.0533. The topological polar surface area (TPSA) is 75.4 Å². The summed E-state index contributed by atoms with van der Waals surface area (Å²) < 4.78 is 0. The Labute approximate surface area is 130 Å². The number of benzene rings is 1. The number of nitrogens with one attached hydrogen (secondary N) is 1. The molecule has 3 N–H and O–H groups in total. The summed E-state index contributed by atoms with van der Waals surface area (Å²) in [6.45, 7) is 2.68. The fraction of sp³-hybridized carbons (Fsp3) is 0.529. The van der Waals surface area contributed by atoms with Crippen LogP contribution in [0.2, 0.25) is 0 Å². The van der Waals surface area contributed by atoms with Gasteiger partial charge in [-0.1, -0.05) is 24.3 Å². The normalized spacial score (nSPS) is 22.4. The third kappa shape index (κ3) is 2.93. The first-order chi connectivity index (χ1) is 10.5. The van der Waals surface area contributed by atoms with Crippen molar-refractivity contribution >= 4 is 11.9 Å².